The van der Waals surface area contributed by atoms with Crippen LogP contribution < -0.4 is 14.2 Å². The summed E-state index contributed by atoms with van der Waals surface area (Å²) < 4.78 is 16.5. The minimum atomic E-state index is 0.0540. The molecule has 1 aliphatic carbocycles. The number of amides is 1. The normalized spacial score (nSPS) is 16.5. The quantitative estimate of drug-likeness (QED) is 0.528. The Bertz CT molecular complexity index is 1170. The highest BCUT2D eigenvalue weighted by molar-refractivity contribution is 6.07. The summed E-state index contributed by atoms with van der Waals surface area (Å²) in [6, 6.07) is 13.4. The van der Waals surface area contributed by atoms with Crippen LogP contribution in [-0.4, -0.2) is 74.7 Å². The number of fused-ring (bicyclic) bond motifs is 1. The molecule has 0 atom stereocenters. The van der Waals surface area contributed by atoms with Crippen molar-refractivity contribution in [3.63, 3.8) is 0 Å². The van der Waals surface area contributed by atoms with E-state index in [4.69, 9.17) is 19.2 Å². The molecule has 1 aliphatic heterocycles. The molecule has 3 aromatic rings. The second-order valence-corrected chi connectivity index (χ2v) is 9.02. The maximum absolute atomic E-state index is 13.7. The molecule has 178 valence electrons. The van der Waals surface area contributed by atoms with Crippen LogP contribution in [0.2, 0.25) is 0 Å². The van der Waals surface area contributed by atoms with Crippen molar-refractivity contribution in [1.29, 1.82) is 0 Å². The van der Waals surface area contributed by atoms with Gasteiger partial charge in [0.1, 0.15) is 0 Å². The number of ether oxygens (including phenoxy) is 3. The fourth-order valence-electron chi connectivity index (χ4n) is 4.70. The molecule has 34 heavy (non-hydrogen) atoms. The second-order valence-electron chi connectivity index (χ2n) is 9.02. The van der Waals surface area contributed by atoms with Crippen LogP contribution in [-0.2, 0) is 0 Å². The van der Waals surface area contributed by atoms with E-state index >= 15 is 0 Å². The standard InChI is InChI=1S/C27H31N3O4/c1-32-24-14-19(15-25(33-2)26(24)34-3)23-16-21(20-6-4-5-7-22(20)28-23)27(31)30-12-10-29(11-13-30)17-18-8-9-18/h4-7,14-16,18H,8-13,17H2,1-3H3. The lowest BCUT2D eigenvalue weighted by molar-refractivity contribution is 0.0634. The molecule has 2 aliphatic rings. The zero-order valence-electron chi connectivity index (χ0n) is 20.0. The minimum absolute atomic E-state index is 0.0540. The van der Waals surface area contributed by atoms with Gasteiger partial charge in [-0.3, -0.25) is 9.69 Å². The van der Waals surface area contributed by atoms with Crippen molar-refractivity contribution in [3.05, 3.63) is 48.0 Å². The molecule has 1 saturated carbocycles. The van der Waals surface area contributed by atoms with Gasteiger partial charge < -0.3 is 19.1 Å². The summed E-state index contributed by atoms with van der Waals surface area (Å²) in [5.41, 5.74) is 2.94. The minimum Gasteiger partial charge on any atom is -0.493 e. The smallest absolute Gasteiger partial charge is 0.254 e. The number of piperazine rings is 1. The van der Waals surface area contributed by atoms with E-state index in [-0.39, 0.29) is 5.91 Å². The molecule has 7 nitrogen and oxygen atoms in total. The van der Waals surface area contributed by atoms with E-state index in [0.29, 0.717) is 28.5 Å². The molecular formula is C27H31N3O4. The number of carbonyl (C=O) groups is 1. The van der Waals surface area contributed by atoms with E-state index in [1.165, 1.54) is 19.4 Å². The maximum Gasteiger partial charge on any atom is 0.254 e. The Labute approximate surface area is 200 Å². The number of para-hydroxylation sites is 1. The molecule has 1 amide bonds. The van der Waals surface area contributed by atoms with Crippen molar-refractivity contribution in [3.8, 4) is 28.5 Å². The Morgan fingerprint density at radius 1 is 0.941 bits per heavy atom. The molecule has 2 heterocycles. The molecule has 0 N–H and O–H groups in total. The average molecular weight is 462 g/mol. The number of rotatable bonds is 7. The lowest BCUT2D eigenvalue weighted by Crippen LogP contribution is -2.49. The van der Waals surface area contributed by atoms with E-state index in [2.05, 4.69) is 4.90 Å². The number of pyridine rings is 1. The van der Waals surface area contributed by atoms with Crippen LogP contribution in [0.15, 0.2) is 42.5 Å². The Morgan fingerprint density at radius 3 is 2.24 bits per heavy atom. The van der Waals surface area contributed by atoms with Crippen LogP contribution in [0.1, 0.15) is 23.2 Å². The lowest BCUT2D eigenvalue weighted by atomic mass is 10.0. The predicted octanol–water partition coefficient (Wildman–Crippen LogP) is 4.10. The van der Waals surface area contributed by atoms with Gasteiger partial charge in [0.2, 0.25) is 5.75 Å². The van der Waals surface area contributed by atoms with Gasteiger partial charge in [-0.2, -0.15) is 0 Å². The van der Waals surface area contributed by atoms with Crippen LogP contribution in [0.5, 0.6) is 17.2 Å². The number of aromatic nitrogens is 1. The molecule has 0 radical (unpaired) electrons. The summed E-state index contributed by atoms with van der Waals surface area (Å²) >= 11 is 0. The third kappa shape index (κ3) is 4.40. The first-order valence-corrected chi connectivity index (χ1v) is 11.8. The molecule has 2 fully saturated rings. The van der Waals surface area contributed by atoms with Crippen molar-refractivity contribution >= 4 is 16.8 Å². The van der Waals surface area contributed by atoms with Crippen LogP contribution in [0.25, 0.3) is 22.2 Å². The van der Waals surface area contributed by atoms with Crippen LogP contribution in [0.4, 0.5) is 0 Å². The van der Waals surface area contributed by atoms with Crippen LogP contribution >= 0.6 is 0 Å². The SMILES string of the molecule is COc1cc(-c2cc(C(=O)N3CCN(CC4CC4)CC3)c3ccccc3n2)cc(OC)c1OC. The summed E-state index contributed by atoms with van der Waals surface area (Å²) in [5.74, 6) is 2.54. The van der Waals surface area contributed by atoms with Crippen molar-refractivity contribution < 1.29 is 19.0 Å². The van der Waals surface area contributed by atoms with Gasteiger partial charge in [0.05, 0.1) is 38.1 Å². The van der Waals surface area contributed by atoms with Crippen LogP contribution in [0, 0.1) is 5.92 Å². The fourth-order valence-corrected chi connectivity index (χ4v) is 4.70. The first-order chi connectivity index (χ1) is 16.6. The van der Waals surface area contributed by atoms with E-state index in [9.17, 15) is 4.79 Å². The topological polar surface area (TPSA) is 64.1 Å². The highest BCUT2D eigenvalue weighted by Crippen LogP contribution is 2.41. The highest BCUT2D eigenvalue weighted by Gasteiger charge is 2.29. The molecule has 1 saturated heterocycles. The summed E-state index contributed by atoms with van der Waals surface area (Å²) in [6.07, 6.45) is 2.71. The first-order valence-electron chi connectivity index (χ1n) is 11.8. The van der Waals surface area contributed by atoms with E-state index in [1.807, 2.05) is 47.4 Å². The van der Waals surface area contributed by atoms with Gasteiger partial charge in [0.15, 0.2) is 11.5 Å². The molecule has 0 unspecified atom stereocenters. The van der Waals surface area contributed by atoms with Crippen molar-refractivity contribution in [2.24, 2.45) is 5.92 Å². The molecule has 0 spiro atoms. The van der Waals surface area contributed by atoms with Gasteiger partial charge in [-0.15, -0.1) is 0 Å². The van der Waals surface area contributed by atoms with Crippen molar-refractivity contribution in [2.45, 2.75) is 12.8 Å². The summed E-state index contributed by atoms with van der Waals surface area (Å²) in [7, 11) is 4.76. The van der Waals surface area contributed by atoms with E-state index in [1.54, 1.807) is 21.3 Å². The second kappa shape index (κ2) is 9.50. The number of hydrogen-bond acceptors (Lipinski definition) is 6. The van der Waals surface area contributed by atoms with E-state index < -0.39 is 0 Å². The third-order valence-electron chi connectivity index (χ3n) is 6.78. The predicted molar refractivity (Wildman–Crippen MR) is 132 cm³/mol. The number of nitrogens with zero attached hydrogens (tertiary/aromatic N) is 3. The summed E-state index contributed by atoms with van der Waals surface area (Å²) in [4.78, 5) is 23.0. The molecule has 1 aromatic heterocycles. The maximum atomic E-state index is 13.7. The Kier molecular flexibility index (Phi) is 6.28. The largest absolute Gasteiger partial charge is 0.493 e. The van der Waals surface area contributed by atoms with Gasteiger partial charge in [-0.25, -0.2) is 4.98 Å². The Balaban J connectivity index is 1.50. The van der Waals surface area contributed by atoms with Crippen molar-refractivity contribution in [1.82, 2.24) is 14.8 Å². The fraction of sp³-hybridized carbons (Fsp3) is 0.407. The van der Waals surface area contributed by atoms with Gasteiger partial charge in [-0.1, -0.05) is 18.2 Å². The molecule has 2 aromatic carbocycles. The first kappa shape index (κ1) is 22.5. The van der Waals surface area contributed by atoms with Gasteiger partial charge >= 0.3 is 0 Å². The Morgan fingerprint density at radius 2 is 1.62 bits per heavy atom. The molecule has 0 bridgehead atoms. The van der Waals surface area contributed by atoms with Crippen LogP contribution in [0.3, 0.4) is 0 Å². The monoisotopic (exact) mass is 461 g/mol. The number of hydrogen-bond donors (Lipinski definition) is 0. The number of carbonyl (C=O) groups excluding carboxylic acids is 1. The highest BCUT2D eigenvalue weighted by atomic mass is 16.5. The zero-order chi connectivity index (χ0) is 23.7. The van der Waals surface area contributed by atoms with Crippen molar-refractivity contribution in [2.75, 3.05) is 54.1 Å². The molecule has 5 rings (SSSR count). The molecular weight excluding hydrogens is 430 g/mol. The average Bonchev–Trinajstić information content (AvgIpc) is 3.71. The molecule has 7 heteroatoms. The lowest BCUT2D eigenvalue weighted by Gasteiger charge is -2.35. The van der Waals surface area contributed by atoms with Gasteiger partial charge in [0, 0.05) is 43.7 Å². The summed E-state index contributed by atoms with van der Waals surface area (Å²) in [5, 5.41) is 0.865. The van der Waals surface area contributed by atoms with E-state index in [0.717, 1.165) is 48.6 Å². The number of benzene rings is 2. The number of methoxy groups -OCH3 is 3. The van der Waals surface area contributed by atoms with Gasteiger partial charge in [-0.05, 0) is 43.0 Å². The Hall–Kier alpha value is -3.32. The van der Waals surface area contributed by atoms with Gasteiger partial charge in [0.25, 0.3) is 5.91 Å². The third-order valence-corrected chi connectivity index (χ3v) is 6.78. The zero-order valence-corrected chi connectivity index (χ0v) is 20.0. The summed E-state index contributed by atoms with van der Waals surface area (Å²) in [6.45, 7) is 4.55.